The number of carbonyl (C=O) groups excluding carboxylic acids is 1. The van der Waals surface area contributed by atoms with Crippen molar-refractivity contribution in [3.8, 4) is 0 Å². The average Bonchev–Trinajstić information content (AvgIpc) is 2.89. The van der Waals surface area contributed by atoms with E-state index >= 15 is 0 Å². The summed E-state index contributed by atoms with van der Waals surface area (Å²) in [5.41, 5.74) is 0. The average molecular weight is 240 g/mol. The molecule has 0 aromatic carbocycles. The van der Waals surface area contributed by atoms with Gasteiger partial charge in [-0.25, -0.2) is 0 Å². The van der Waals surface area contributed by atoms with E-state index in [0.717, 1.165) is 25.9 Å². The topological polar surface area (TPSA) is 41.6 Å². The highest BCUT2D eigenvalue weighted by Gasteiger charge is 2.33. The highest BCUT2D eigenvalue weighted by atomic mass is 16.5. The first-order chi connectivity index (χ1) is 8.33. The minimum Gasteiger partial charge on any atom is -0.384 e. The molecular formula is C13H24N2O2. The Balaban J connectivity index is 1.93. The predicted octanol–water partition coefficient (Wildman–Crippen LogP) is 1.16. The van der Waals surface area contributed by atoms with Gasteiger partial charge in [0, 0.05) is 25.7 Å². The van der Waals surface area contributed by atoms with Crippen LogP contribution in [0.5, 0.6) is 0 Å². The van der Waals surface area contributed by atoms with E-state index in [4.69, 9.17) is 4.74 Å². The second kappa shape index (κ2) is 6.36. The second-order valence-electron chi connectivity index (χ2n) is 5.10. The Bertz CT molecular complexity index is 252. The van der Waals surface area contributed by atoms with Crippen LogP contribution in [0.1, 0.15) is 38.5 Å². The predicted molar refractivity (Wildman–Crippen MR) is 66.9 cm³/mol. The van der Waals surface area contributed by atoms with Crippen LogP contribution in [0.2, 0.25) is 0 Å². The van der Waals surface area contributed by atoms with Gasteiger partial charge in [0.2, 0.25) is 5.91 Å². The van der Waals surface area contributed by atoms with Crippen LogP contribution in [0.15, 0.2) is 0 Å². The number of nitrogens with one attached hydrogen (secondary N) is 1. The number of methoxy groups -OCH3 is 1. The van der Waals surface area contributed by atoms with E-state index < -0.39 is 0 Å². The van der Waals surface area contributed by atoms with Crippen molar-refractivity contribution < 1.29 is 9.53 Å². The molecule has 0 bridgehead atoms. The Morgan fingerprint density at radius 3 is 2.94 bits per heavy atom. The molecule has 2 fully saturated rings. The van der Waals surface area contributed by atoms with Gasteiger partial charge < -0.3 is 15.0 Å². The maximum absolute atomic E-state index is 12.1. The fourth-order valence-electron chi connectivity index (χ4n) is 3.06. The Morgan fingerprint density at radius 2 is 2.24 bits per heavy atom. The molecular weight excluding hydrogens is 216 g/mol. The zero-order valence-electron chi connectivity index (χ0n) is 10.8. The number of piperidine rings is 1. The quantitative estimate of drug-likeness (QED) is 0.801. The third-order valence-electron chi connectivity index (χ3n) is 3.95. The normalized spacial score (nSPS) is 29.6. The van der Waals surface area contributed by atoms with Crippen molar-refractivity contribution in [2.24, 2.45) is 0 Å². The van der Waals surface area contributed by atoms with E-state index in [1.807, 2.05) is 0 Å². The lowest BCUT2D eigenvalue weighted by molar-refractivity contribution is -0.136. The highest BCUT2D eigenvalue weighted by Crippen LogP contribution is 2.24. The summed E-state index contributed by atoms with van der Waals surface area (Å²) >= 11 is 0. The number of likely N-dealkylation sites (tertiary alicyclic amines) is 1. The fourth-order valence-corrected chi connectivity index (χ4v) is 3.06. The molecule has 2 rings (SSSR count). The summed E-state index contributed by atoms with van der Waals surface area (Å²) < 4.78 is 5.00. The summed E-state index contributed by atoms with van der Waals surface area (Å²) in [6, 6.07) is 0.956. The first-order valence-corrected chi connectivity index (χ1v) is 6.84. The lowest BCUT2D eigenvalue weighted by atomic mass is 9.94. The maximum Gasteiger partial charge on any atom is 0.225 e. The van der Waals surface area contributed by atoms with Crippen LogP contribution in [-0.4, -0.2) is 49.7 Å². The van der Waals surface area contributed by atoms with Crippen LogP contribution in [-0.2, 0) is 9.53 Å². The van der Waals surface area contributed by atoms with Gasteiger partial charge in [0.25, 0.3) is 0 Å². The molecule has 0 spiro atoms. The molecule has 2 unspecified atom stereocenters. The van der Waals surface area contributed by atoms with Gasteiger partial charge in [0.15, 0.2) is 0 Å². The lowest BCUT2D eigenvalue weighted by Gasteiger charge is -2.39. The largest absolute Gasteiger partial charge is 0.384 e. The molecule has 0 radical (unpaired) electrons. The van der Waals surface area contributed by atoms with Crippen molar-refractivity contribution in [3.05, 3.63) is 0 Å². The number of ether oxygens (including phenoxy) is 1. The van der Waals surface area contributed by atoms with E-state index in [1.54, 1.807) is 7.11 Å². The molecule has 2 saturated heterocycles. The molecule has 2 aliphatic rings. The van der Waals surface area contributed by atoms with Gasteiger partial charge in [0.1, 0.15) is 0 Å². The van der Waals surface area contributed by atoms with Crippen molar-refractivity contribution >= 4 is 5.91 Å². The van der Waals surface area contributed by atoms with Gasteiger partial charge in [-0.1, -0.05) is 0 Å². The SMILES string of the molecule is COCCC(=O)N1CCCCC1C1CCCN1. The van der Waals surface area contributed by atoms with Crippen molar-refractivity contribution in [2.45, 2.75) is 50.6 Å². The van der Waals surface area contributed by atoms with E-state index in [9.17, 15) is 4.79 Å². The highest BCUT2D eigenvalue weighted by molar-refractivity contribution is 5.76. The zero-order chi connectivity index (χ0) is 12.1. The Kier molecular flexibility index (Phi) is 4.80. The smallest absolute Gasteiger partial charge is 0.225 e. The molecule has 98 valence electrons. The van der Waals surface area contributed by atoms with Gasteiger partial charge in [-0.2, -0.15) is 0 Å². The van der Waals surface area contributed by atoms with E-state index in [0.29, 0.717) is 25.1 Å². The first-order valence-electron chi connectivity index (χ1n) is 6.84. The third-order valence-corrected chi connectivity index (χ3v) is 3.95. The summed E-state index contributed by atoms with van der Waals surface area (Å²) in [6.45, 7) is 2.59. The number of hydrogen-bond donors (Lipinski definition) is 1. The Labute approximate surface area is 104 Å². The molecule has 0 aromatic rings. The molecule has 0 saturated carbocycles. The molecule has 1 amide bonds. The molecule has 0 aliphatic carbocycles. The van der Waals surface area contributed by atoms with E-state index in [1.165, 1.54) is 19.3 Å². The Hall–Kier alpha value is -0.610. The second-order valence-corrected chi connectivity index (χ2v) is 5.10. The summed E-state index contributed by atoms with van der Waals surface area (Å²) in [7, 11) is 1.65. The number of amides is 1. The molecule has 4 heteroatoms. The molecule has 2 heterocycles. The molecule has 17 heavy (non-hydrogen) atoms. The van der Waals surface area contributed by atoms with Crippen LogP contribution in [0, 0.1) is 0 Å². The van der Waals surface area contributed by atoms with Gasteiger partial charge >= 0.3 is 0 Å². The van der Waals surface area contributed by atoms with E-state index in [2.05, 4.69) is 10.2 Å². The van der Waals surface area contributed by atoms with Gasteiger partial charge in [0.05, 0.1) is 13.0 Å². The monoisotopic (exact) mass is 240 g/mol. The summed E-state index contributed by atoms with van der Waals surface area (Å²) in [6.07, 6.45) is 6.58. The summed E-state index contributed by atoms with van der Waals surface area (Å²) in [5, 5.41) is 3.54. The van der Waals surface area contributed by atoms with Crippen LogP contribution in [0.4, 0.5) is 0 Å². The first kappa shape index (κ1) is 12.8. The standard InChI is InChI=1S/C13H24N2O2/c1-17-10-7-13(16)15-9-3-2-6-12(15)11-5-4-8-14-11/h11-12,14H,2-10H2,1H3. The third kappa shape index (κ3) is 3.19. The van der Waals surface area contributed by atoms with Crippen molar-refractivity contribution in [3.63, 3.8) is 0 Å². The minimum atomic E-state index is 0.269. The fraction of sp³-hybridized carbons (Fsp3) is 0.923. The minimum absolute atomic E-state index is 0.269. The molecule has 2 aliphatic heterocycles. The number of carbonyl (C=O) groups is 1. The number of rotatable bonds is 4. The molecule has 0 aromatic heterocycles. The molecule has 4 nitrogen and oxygen atoms in total. The number of hydrogen-bond acceptors (Lipinski definition) is 3. The summed E-state index contributed by atoms with van der Waals surface area (Å²) in [4.78, 5) is 14.2. The zero-order valence-corrected chi connectivity index (χ0v) is 10.8. The van der Waals surface area contributed by atoms with Crippen LogP contribution < -0.4 is 5.32 Å². The van der Waals surface area contributed by atoms with Crippen LogP contribution >= 0.6 is 0 Å². The molecule has 2 atom stereocenters. The summed E-state index contributed by atoms with van der Waals surface area (Å²) in [5.74, 6) is 0.269. The van der Waals surface area contributed by atoms with Gasteiger partial charge in [-0.3, -0.25) is 4.79 Å². The Morgan fingerprint density at radius 1 is 1.35 bits per heavy atom. The molecule has 1 N–H and O–H groups in total. The maximum atomic E-state index is 12.1. The number of nitrogens with zero attached hydrogens (tertiary/aromatic N) is 1. The van der Waals surface area contributed by atoms with Crippen LogP contribution in [0.3, 0.4) is 0 Å². The van der Waals surface area contributed by atoms with Crippen molar-refractivity contribution in [1.29, 1.82) is 0 Å². The van der Waals surface area contributed by atoms with E-state index in [-0.39, 0.29) is 5.91 Å². The van der Waals surface area contributed by atoms with Crippen molar-refractivity contribution in [1.82, 2.24) is 10.2 Å². The van der Waals surface area contributed by atoms with Gasteiger partial charge in [-0.15, -0.1) is 0 Å². The lowest BCUT2D eigenvalue weighted by Crippen LogP contribution is -2.52. The van der Waals surface area contributed by atoms with Gasteiger partial charge in [-0.05, 0) is 38.6 Å². The van der Waals surface area contributed by atoms with Crippen LogP contribution in [0.25, 0.3) is 0 Å². The van der Waals surface area contributed by atoms with Crippen molar-refractivity contribution in [2.75, 3.05) is 26.8 Å².